The van der Waals surface area contributed by atoms with Crippen molar-refractivity contribution in [2.45, 2.75) is 30.8 Å². The molecule has 2 aromatic carbocycles. The number of carboxylic acid groups (broad SMARTS) is 1. The van der Waals surface area contributed by atoms with Gasteiger partial charge in [0.15, 0.2) is 6.17 Å². The first-order chi connectivity index (χ1) is 15.1. The number of anilines is 2. The van der Waals surface area contributed by atoms with Gasteiger partial charge >= 0.3 is 5.97 Å². The van der Waals surface area contributed by atoms with Crippen molar-refractivity contribution in [2.75, 3.05) is 16.7 Å². The van der Waals surface area contributed by atoms with Gasteiger partial charge in [0.25, 0.3) is 10.0 Å². The van der Waals surface area contributed by atoms with Gasteiger partial charge in [-0.2, -0.15) is 5.10 Å². The molecule has 0 aromatic heterocycles. The first-order valence-electron chi connectivity index (χ1n) is 9.64. The van der Waals surface area contributed by atoms with Gasteiger partial charge in [0.2, 0.25) is 11.7 Å². The fraction of sp³-hybridized carbons (Fsp3) is 0.238. The molecule has 1 atom stereocenters. The highest BCUT2D eigenvalue weighted by molar-refractivity contribution is 7.93. The number of para-hydroxylation sites is 1. The third kappa shape index (κ3) is 4.78. The normalized spacial score (nSPS) is 15.9. The summed E-state index contributed by atoms with van der Waals surface area (Å²) in [6.07, 6.45) is -1.68. The van der Waals surface area contributed by atoms with Gasteiger partial charge in [-0.3, -0.25) is 19.4 Å². The quantitative estimate of drug-likeness (QED) is 0.616. The molecule has 0 saturated heterocycles. The maximum absolute atomic E-state index is 13.6. The minimum Gasteiger partial charge on any atom is -0.481 e. The number of carbonyl (C=O) groups excluding carboxylic acids is 2. The summed E-state index contributed by atoms with van der Waals surface area (Å²) < 4.78 is 28.2. The van der Waals surface area contributed by atoms with Crippen LogP contribution >= 0.6 is 0 Å². The fourth-order valence-corrected chi connectivity index (χ4v) is 4.81. The van der Waals surface area contributed by atoms with Gasteiger partial charge in [-0.05, 0) is 43.3 Å². The number of hydrazone groups is 1. The van der Waals surface area contributed by atoms with Crippen molar-refractivity contribution in [3.8, 4) is 0 Å². The molecular weight excluding hydrogens is 436 g/mol. The minimum absolute atomic E-state index is 0.0874. The van der Waals surface area contributed by atoms with E-state index in [4.69, 9.17) is 5.11 Å². The molecule has 0 bridgehead atoms. The van der Waals surface area contributed by atoms with Crippen LogP contribution in [0.1, 0.15) is 19.8 Å². The Bertz CT molecular complexity index is 1160. The van der Waals surface area contributed by atoms with E-state index < -0.39 is 33.8 Å². The van der Waals surface area contributed by atoms with Crippen LogP contribution in [0.4, 0.5) is 11.4 Å². The number of amides is 1. The van der Waals surface area contributed by atoms with E-state index in [-0.39, 0.29) is 23.4 Å². The van der Waals surface area contributed by atoms with Crippen LogP contribution in [0.25, 0.3) is 0 Å². The molecule has 32 heavy (non-hydrogen) atoms. The predicted octanol–water partition coefficient (Wildman–Crippen LogP) is 1.90. The second kappa shape index (κ2) is 9.18. The van der Waals surface area contributed by atoms with E-state index in [1.165, 1.54) is 43.2 Å². The van der Waals surface area contributed by atoms with Gasteiger partial charge in [-0.15, -0.1) is 0 Å². The molecule has 0 aliphatic carbocycles. The topological polar surface area (TPSA) is 136 Å². The van der Waals surface area contributed by atoms with E-state index in [1.807, 2.05) is 0 Å². The number of hydrogen-bond donors (Lipinski definition) is 2. The number of carbonyl (C=O) groups is 3. The third-order valence-corrected chi connectivity index (χ3v) is 6.54. The van der Waals surface area contributed by atoms with Crippen molar-refractivity contribution in [3.05, 3.63) is 54.6 Å². The van der Waals surface area contributed by atoms with E-state index in [2.05, 4.69) is 10.4 Å². The van der Waals surface area contributed by atoms with Crippen LogP contribution in [0.15, 0.2) is 64.6 Å². The Kier molecular flexibility index (Phi) is 6.58. The number of rotatable bonds is 8. The summed E-state index contributed by atoms with van der Waals surface area (Å²) in [4.78, 5) is 35.0. The molecule has 11 heteroatoms. The number of likely N-dealkylation sites (N-methyl/N-ethyl adjacent to an activating group) is 1. The van der Waals surface area contributed by atoms with Crippen molar-refractivity contribution in [1.82, 2.24) is 5.01 Å². The SMILES string of the molecule is CC1=NN(C)C(N(c2ccccc2)S(=O)(=O)c2ccc(NC(=O)CCC(=O)O)cc2)C1=O. The van der Waals surface area contributed by atoms with Gasteiger partial charge in [-0.25, -0.2) is 12.7 Å². The molecule has 1 aliphatic rings. The number of ketones is 1. The first kappa shape index (κ1) is 22.9. The summed E-state index contributed by atoms with van der Waals surface area (Å²) in [7, 11) is -2.66. The highest BCUT2D eigenvalue weighted by Gasteiger charge is 2.42. The Balaban J connectivity index is 1.91. The number of aliphatic carboxylic acids is 1. The van der Waals surface area contributed by atoms with Crippen molar-refractivity contribution in [2.24, 2.45) is 5.10 Å². The summed E-state index contributed by atoms with van der Waals surface area (Å²) in [5.74, 6) is -2.02. The molecule has 1 heterocycles. The molecule has 3 rings (SSSR count). The summed E-state index contributed by atoms with van der Waals surface area (Å²) in [6, 6.07) is 13.7. The average molecular weight is 458 g/mol. The third-order valence-electron chi connectivity index (χ3n) is 4.75. The zero-order valence-corrected chi connectivity index (χ0v) is 18.2. The second-order valence-corrected chi connectivity index (χ2v) is 8.91. The second-order valence-electron chi connectivity index (χ2n) is 7.10. The highest BCUT2D eigenvalue weighted by atomic mass is 32.2. The van der Waals surface area contributed by atoms with E-state index in [1.54, 1.807) is 30.3 Å². The molecule has 0 saturated carbocycles. The van der Waals surface area contributed by atoms with Gasteiger partial charge in [0.05, 0.1) is 17.0 Å². The van der Waals surface area contributed by atoms with Crippen LogP contribution in [0, 0.1) is 0 Å². The Morgan fingerprint density at radius 3 is 2.25 bits per heavy atom. The predicted molar refractivity (Wildman–Crippen MR) is 118 cm³/mol. The molecule has 1 unspecified atom stereocenters. The maximum Gasteiger partial charge on any atom is 0.303 e. The summed E-state index contributed by atoms with van der Waals surface area (Å²) in [5.41, 5.74) is 0.820. The molecule has 10 nitrogen and oxygen atoms in total. The minimum atomic E-state index is -4.19. The molecular formula is C21H22N4O6S. The molecule has 1 amide bonds. The monoisotopic (exact) mass is 458 g/mol. The Hall–Kier alpha value is -3.73. The largest absolute Gasteiger partial charge is 0.481 e. The van der Waals surface area contributed by atoms with Crippen LogP contribution in [0.3, 0.4) is 0 Å². The number of Topliss-reactive ketones (excluding diaryl/α,β-unsaturated/α-hetero) is 1. The van der Waals surface area contributed by atoms with E-state index in [0.717, 1.165) is 4.31 Å². The molecule has 168 valence electrons. The smallest absolute Gasteiger partial charge is 0.303 e. The van der Waals surface area contributed by atoms with Gasteiger partial charge < -0.3 is 10.4 Å². The standard InChI is InChI=1S/C21H22N4O6S/c1-14-20(29)21(24(2)23-14)25(16-6-4-3-5-7-16)32(30,31)17-10-8-15(9-11-17)22-18(26)12-13-19(27)28/h3-11,21H,12-13H2,1-2H3,(H,22,26)(H,27,28). The molecule has 0 spiro atoms. The molecule has 0 radical (unpaired) electrons. The number of sulfonamides is 1. The fourth-order valence-electron chi connectivity index (χ4n) is 3.21. The molecule has 1 aliphatic heterocycles. The maximum atomic E-state index is 13.6. The Morgan fingerprint density at radius 1 is 1.09 bits per heavy atom. The lowest BCUT2D eigenvalue weighted by Gasteiger charge is -2.32. The number of benzene rings is 2. The van der Waals surface area contributed by atoms with Gasteiger partial charge in [0, 0.05) is 19.2 Å². The number of carboxylic acids is 1. The van der Waals surface area contributed by atoms with Crippen molar-refractivity contribution in [3.63, 3.8) is 0 Å². The van der Waals surface area contributed by atoms with Crippen LogP contribution < -0.4 is 9.62 Å². The van der Waals surface area contributed by atoms with Gasteiger partial charge in [0.1, 0.15) is 5.71 Å². The van der Waals surface area contributed by atoms with Gasteiger partial charge in [-0.1, -0.05) is 18.2 Å². The van der Waals surface area contributed by atoms with Crippen LogP contribution in [-0.4, -0.2) is 55.1 Å². The van der Waals surface area contributed by atoms with Crippen LogP contribution in [-0.2, 0) is 24.4 Å². The van der Waals surface area contributed by atoms with Crippen LogP contribution in [0.2, 0.25) is 0 Å². The molecule has 0 fully saturated rings. The molecule has 2 aromatic rings. The van der Waals surface area contributed by atoms with Crippen molar-refractivity contribution < 1.29 is 27.9 Å². The number of nitrogens with zero attached hydrogens (tertiary/aromatic N) is 3. The summed E-state index contributed by atoms with van der Waals surface area (Å²) >= 11 is 0. The van der Waals surface area contributed by atoms with Crippen molar-refractivity contribution >= 4 is 44.8 Å². The zero-order chi connectivity index (χ0) is 23.5. The number of hydrogen-bond acceptors (Lipinski definition) is 7. The van der Waals surface area contributed by atoms with E-state index in [0.29, 0.717) is 11.4 Å². The lowest BCUT2D eigenvalue weighted by Crippen LogP contribution is -2.50. The molecule has 2 N–H and O–H groups in total. The highest BCUT2D eigenvalue weighted by Crippen LogP contribution is 2.30. The first-order valence-corrected chi connectivity index (χ1v) is 11.1. The summed E-state index contributed by atoms with van der Waals surface area (Å²) in [6.45, 7) is 1.52. The van der Waals surface area contributed by atoms with E-state index in [9.17, 15) is 22.8 Å². The average Bonchev–Trinajstić information content (AvgIpc) is 3.00. The Morgan fingerprint density at radius 2 is 1.72 bits per heavy atom. The lowest BCUT2D eigenvalue weighted by atomic mass is 10.2. The van der Waals surface area contributed by atoms with E-state index >= 15 is 0 Å². The summed E-state index contributed by atoms with van der Waals surface area (Å²) in [5, 5.41) is 16.6. The lowest BCUT2D eigenvalue weighted by molar-refractivity contribution is -0.138. The van der Waals surface area contributed by atoms with Crippen LogP contribution in [0.5, 0.6) is 0 Å². The Labute approximate surface area is 185 Å². The zero-order valence-electron chi connectivity index (χ0n) is 17.4. The van der Waals surface area contributed by atoms with Crippen molar-refractivity contribution in [1.29, 1.82) is 0 Å². The number of nitrogens with one attached hydrogen (secondary N) is 1.